The number of primary amides is 1. The second kappa shape index (κ2) is 11.1. The van der Waals surface area contributed by atoms with Crippen LogP contribution in [0.5, 0.6) is 5.75 Å². The molecule has 0 bridgehead atoms. The van der Waals surface area contributed by atoms with Gasteiger partial charge in [-0.25, -0.2) is 8.78 Å². The number of halogens is 2. The number of unbranched alkanes of at least 4 members (excludes halogenated alkanes) is 1. The fraction of sp³-hybridized carbons (Fsp3) is 0.474. The van der Waals surface area contributed by atoms with Crippen molar-refractivity contribution in [3.8, 4) is 17.6 Å². The Labute approximate surface area is 151 Å². The first-order valence-corrected chi connectivity index (χ1v) is 8.29. The minimum absolute atomic E-state index is 0.0435. The largest absolute Gasteiger partial charge is 0.490 e. The van der Waals surface area contributed by atoms with Gasteiger partial charge < -0.3 is 15.2 Å². The third-order valence-electron chi connectivity index (χ3n) is 3.54. The van der Waals surface area contributed by atoms with Gasteiger partial charge in [0.2, 0.25) is 5.91 Å². The summed E-state index contributed by atoms with van der Waals surface area (Å²) in [4.78, 5) is 21.7. The van der Waals surface area contributed by atoms with E-state index in [-0.39, 0.29) is 42.6 Å². The van der Waals surface area contributed by atoms with Crippen LogP contribution < -0.4 is 10.5 Å². The summed E-state index contributed by atoms with van der Waals surface area (Å²) in [5.74, 6) is 2.82. The van der Waals surface area contributed by atoms with Gasteiger partial charge in [-0.05, 0) is 24.8 Å². The summed E-state index contributed by atoms with van der Waals surface area (Å²) >= 11 is 0. The van der Waals surface area contributed by atoms with Crippen molar-refractivity contribution in [3.05, 3.63) is 29.3 Å². The Bertz CT molecular complexity index is 695. The Kier molecular flexibility index (Phi) is 9.13. The number of hydrogen-bond donors (Lipinski definition) is 1. The summed E-state index contributed by atoms with van der Waals surface area (Å²) in [5.41, 5.74) is 4.97. The lowest BCUT2D eigenvalue weighted by atomic mass is 10.1. The average Bonchev–Trinajstić information content (AvgIpc) is 2.60. The van der Waals surface area contributed by atoms with Crippen molar-refractivity contribution in [2.75, 3.05) is 13.7 Å². The topological polar surface area (TPSA) is 78.6 Å². The number of rotatable bonds is 9. The first kappa shape index (κ1) is 21.4. The van der Waals surface area contributed by atoms with Crippen LogP contribution in [0.25, 0.3) is 0 Å². The lowest BCUT2D eigenvalue weighted by Crippen LogP contribution is -2.15. The van der Waals surface area contributed by atoms with Gasteiger partial charge in [0.25, 0.3) is 0 Å². The second-order valence-corrected chi connectivity index (χ2v) is 5.92. The van der Waals surface area contributed by atoms with Crippen LogP contribution in [0.2, 0.25) is 0 Å². The fourth-order valence-electron chi connectivity index (χ4n) is 2.05. The molecule has 0 saturated carbocycles. The Morgan fingerprint density at radius 1 is 1.27 bits per heavy atom. The summed E-state index contributed by atoms with van der Waals surface area (Å²) in [5, 5.41) is 0. The molecule has 142 valence electrons. The zero-order chi connectivity index (χ0) is 19.5. The minimum atomic E-state index is -0.742. The van der Waals surface area contributed by atoms with Crippen molar-refractivity contribution in [1.82, 2.24) is 0 Å². The lowest BCUT2D eigenvalue weighted by Gasteiger charge is -2.13. The third-order valence-corrected chi connectivity index (χ3v) is 3.54. The maximum Gasteiger partial charge on any atom is 0.305 e. The van der Waals surface area contributed by atoms with Crippen molar-refractivity contribution in [2.45, 2.75) is 39.0 Å². The quantitative estimate of drug-likeness (QED) is 0.413. The van der Waals surface area contributed by atoms with Gasteiger partial charge in [-0.3, -0.25) is 9.59 Å². The molecule has 0 aliphatic rings. The maximum atomic E-state index is 14.4. The zero-order valence-electron chi connectivity index (χ0n) is 14.9. The number of methoxy groups -OCH3 is 1. The molecule has 1 aromatic rings. The predicted octanol–water partition coefficient (Wildman–Crippen LogP) is 2.94. The summed E-state index contributed by atoms with van der Waals surface area (Å²) < 4.78 is 37.9. The Morgan fingerprint density at radius 2 is 2.00 bits per heavy atom. The number of ether oxygens (including phenoxy) is 2. The van der Waals surface area contributed by atoms with Gasteiger partial charge in [0.15, 0.2) is 11.6 Å². The van der Waals surface area contributed by atoms with E-state index in [2.05, 4.69) is 16.6 Å². The number of carbonyl (C=O) groups is 2. The fourth-order valence-corrected chi connectivity index (χ4v) is 2.05. The molecular weight excluding hydrogens is 344 g/mol. The smallest absolute Gasteiger partial charge is 0.305 e. The second-order valence-electron chi connectivity index (χ2n) is 5.92. The van der Waals surface area contributed by atoms with E-state index in [0.717, 1.165) is 12.1 Å². The molecule has 7 heteroatoms. The molecule has 26 heavy (non-hydrogen) atoms. The van der Waals surface area contributed by atoms with Crippen LogP contribution in [0, 0.1) is 29.4 Å². The van der Waals surface area contributed by atoms with Crippen LogP contribution in [-0.4, -0.2) is 25.6 Å². The van der Waals surface area contributed by atoms with Crippen molar-refractivity contribution in [3.63, 3.8) is 0 Å². The van der Waals surface area contributed by atoms with Crippen LogP contribution >= 0.6 is 0 Å². The van der Waals surface area contributed by atoms with Gasteiger partial charge in [0, 0.05) is 25.3 Å². The van der Waals surface area contributed by atoms with Gasteiger partial charge in [-0.2, -0.15) is 0 Å². The highest BCUT2D eigenvalue weighted by atomic mass is 19.1. The van der Waals surface area contributed by atoms with E-state index in [4.69, 9.17) is 10.5 Å². The molecule has 1 aromatic carbocycles. The molecule has 2 N–H and O–H groups in total. The molecule has 1 amide bonds. The van der Waals surface area contributed by atoms with E-state index < -0.39 is 17.5 Å². The molecule has 5 nitrogen and oxygen atoms in total. The average molecular weight is 367 g/mol. The van der Waals surface area contributed by atoms with Gasteiger partial charge in [-0.1, -0.05) is 18.8 Å². The molecule has 0 unspecified atom stereocenters. The third kappa shape index (κ3) is 7.97. The van der Waals surface area contributed by atoms with Crippen LogP contribution in [0.15, 0.2) is 12.1 Å². The first-order valence-electron chi connectivity index (χ1n) is 8.29. The zero-order valence-corrected chi connectivity index (χ0v) is 14.9. The van der Waals surface area contributed by atoms with Crippen LogP contribution in [0.4, 0.5) is 8.78 Å². The van der Waals surface area contributed by atoms with E-state index in [9.17, 15) is 18.4 Å². The number of carbonyl (C=O) groups excluding carboxylic acids is 2. The summed E-state index contributed by atoms with van der Waals surface area (Å²) in [6.45, 7) is 1.95. The van der Waals surface area contributed by atoms with Crippen LogP contribution in [0.3, 0.4) is 0 Å². The number of benzene rings is 1. The molecule has 0 aliphatic carbocycles. The minimum Gasteiger partial charge on any atom is -0.490 e. The number of nitrogens with two attached hydrogens (primary N) is 1. The number of esters is 1. The Morgan fingerprint density at radius 3 is 2.65 bits per heavy atom. The maximum absolute atomic E-state index is 14.4. The summed E-state index contributed by atoms with van der Waals surface area (Å²) in [7, 11) is 1.30. The van der Waals surface area contributed by atoms with Gasteiger partial charge in [0.05, 0.1) is 19.3 Å². The van der Waals surface area contributed by atoms with E-state index in [1.54, 1.807) is 0 Å². The van der Waals surface area contributed by atoms with Gasteiger partial charge in [0.1, 0.15) is 5.82 Å². The predicted molar refractivity (Wildman–Crippen MR) is 92.2 cm³/mol. The highest BCUT2D eigenvalue weighted by Gasteiger charge is 2.13. The first-order chi connectivity index (χ1) is 12.3. The van der Waals surface area contributed by atoms with E-state index in [0.29, 0.717) is 19.3 Å². The van der Waals surface area contributed by atoms with Gasteiger partial charge in [-0.15, -0.1) is 0 Å². The summed E-state index contributed by atoms with van der Waals surface area (Å²) in [6, 6.07) is 1.95. The van der Waals surface area contributed by atoms with Crippen LogP contribution in [-0.2, 0) is 14.3 Å². The van der Waals surface area contributed by atoms with E-state index in [1.807, 2.05) is 6.92 Å². The lowest BCUT2D eigenvalue weighted by molar-refractivity contribution is -0.140. The highest BCUT2D eigenvalue weighted by molar-refractivity contribution is 5.73. The Balaban J connectivity index is 2.67. The SMILES string of the molecule is COC(=O)CCCC#Cc1cc(F)cc(OC[C@@H](C)CCC(N)=O)c1F. The van der Waals surface area contributed by atoms with E-state index in [1.165, 1.54) is 7.11 Å². The Hall–Kier alpha value is -2.62. The molecular formula is C19H23F2NO4. The standard InChI is InChI=1S/C19H23F2NO4/c1-13(8-9-17(22)23)12-26-16-11-15(20)10-14(19(16)21)6-4-3-5-7-18(24)25-2/h10-11,13H,3,5,7-9,12H2,1-2H3,(H2,22,23)/t13-/m0/s1. The monoisotopic (exact) mass is 367 g/mol. The molecule has 1 atom stereocenters. The van der Waals surface area contributed by atoms with Crippen molar-refractivity contribution < 1.29 is 27.8 Å². The van der Waals surface area contributed by atoms with Crippen molar-refractivity contribution in [2.24, 2.45) is 11.7 Å². The summed E-state index contributed by atoms with van der Waals surface area (Å²) in [6.07, 6.45) is 1.74. The number of hydrogen-bond acceptors (Lipinski definition) is 4. The molecule has 0 spiro atoms. The molecule has 0 aromatic heterocycles. The molecule has 0 fully saturated rings. The molecule has 1 rings (SSSR count). The van der Waals surface area contributed by atoms with Crippen molar-refractivity contribution in [1.29, 1.82) is 0 Å². The van der Waals surface area contributed by atoms with Crippen LogP contribution in [0.1, 0.15) is 44.6 Å². The van der Waals surface area contributed by atoms with E-state index >= 15 is 0 Å². The highest BCUT2D eigenvalue weighted by Crippen LogP contribution is 2.23. The molecule has 0 radical (unpaired) electrons. The molecule has 0 heterocycles. The number of amides is 1. The van der Waals surface area contributed by atoms with Crippen molar-refractivity contribution >= 4 is 11.9 Å². The normalized spacial score (nSPS) is 11.2. The molecule has 0 saturated heterocycles. The van der Waals surface area contributed by atoms with Gasteiger partial charge >= 0.3 is 5.97 Å². The molecule has 0 aliphatic heterocycles.